The lowest BCUT2D eigenvalue weighted by atomic mass is 9.56. The SMILES string of the molecule is C(CPC12CC3CC(CC(C3)C1)C2)NCCPC12CC3CC(CC(C3)C1)C2. The van der Waals surface area contributed by atoms with E-state index in [-0.39, 0.29) is 0 Å². The highest BCUT2D eigenvalue weighted by Gasteiger charge is 2.51. The topological polar surface area (TPSA) is 12.0 Å². The van der Waals surface area contributed by atoms with Crippen LogP contribution in [0, 0.1) is 35.5 Å². The van der Waals surface area contributed by atoms with Gasteiger partial charge in [-0.3, -0.25) is 0 Å². The van der Waals surface area contributed by atoms with E-state index >= 15 is 0 Å². The van der Waals surface area contributed by atoms with Crippen molar-refractivity contribution in [3.63, 3.8) is 0 Å². The predicted octanol–water partition coefficient (Wildman–Crippen LogP) is 5.87. The zero-order chi connectivity index (χ0) is 17.9. The molecule has 2 unspecified atom stereocenters. The first-order chi connectivity index (χ1) is 13.2. The second kappa shape index (κ2) is 7.20. The molecular formula is C24H41NP2. The Morgan fingerprint density at radius 3 is 1.11 bits per heavy atom. The molecule has 0 aromatic carbocycles. The zero-order valence-corrected chi connectivity index (χ0v) is 19.3. The molecule has 2 atom stereocenters. The summed E-state index contributed by atoms with van der Waals surface area (Å²) in [7, 11) is 2.53. The molecule has 1 N–H and O–H groups in total. The number of hydrogen-bond donors (Lipinski definition) is 1. The van der Waals surface area contributed by atoms with Crippen molar-refractivity contribution < 1.29 is 0 Å². The van der Waals surface area contributed by atoms with Crippen molar-refractivity contribution in [1.82, 2.24) is 5.32 Å². The maximum atomic E-state index is 3.86. The van der Waals surface area contributed by atoms with Gasteiger partial charge in [0.05, 0.1) is 0 Å². The minimum atomic E-state index is 0.831. The van der Waals surface area contributed by atoms with Crippen LogP contribution < -0.4 is 5.32 Å². The number of rotatable bonds is 8. The lowest BCUT2D eigenvalue weighted by Crippen LogP contribution is -2.48. The fraction of sp³-hybridized carbons (Fsp3) is 1.00. The molecule has 8 bridgehead atoms. The molecule has 0 radical (unpaired) electrons. The highest BCUT2D eigenvalue weighted by Crippen LogP contribution is 2.63. The van der Waals surface area contributed by atoms with E-state index in [1.165, 1.54) is 42.6 Å². The van der Waals surface area contributed by atoms with Gasteiger partial charge in [-0.2, -0.15) is 0 Å². The van der Waals surface area contributed by atoms with Crippen LogP contribution in [0.1, 0.15) is 77.0 Å². The van der Waals surface area contributed by atoms with Crippen molar-refractivity contribution in [2.75, 3.05) is 25.4 Å². The molecule has 0 aromatic heterocycles. The molecule has 0 amide bonds. The van der Waals surface area contributed by atoms with Crippen LogP contribution in [-0.2, 0) is 0 Å². The Morgan fingerprint density at radius 2 is 0.815 bits per heavy atom. The Bertz CT molecular complexity index is 440. The Morgan fingerprint density at radius 1 is 0.519 bits per heavy atom. The molecule has 8 aliphatic carbocycles. The van der Waals surface area contributed by atoms with E-state index in [0.717, 1.165) is 45.8 Å². The quantitative estimate of drug-likeness (QED) is 0.393. The lowest BCUT2D eigenvalue weighted by Gasteiger charge is -2.57. The van der Waals surface area contributed by atoms with E-state index in [4.69, 9.17) is 0 Å². The van der Waals surface area contributed by atoms with Gasteiger partial charge in [0.15, 0.2) is 0 Å². The summed E-state index contributed by atoms with van der Waals surface area (Å²) >= 11 is 0. The van der Waals surface area contributed by atoms with Gasteiger partial charge in [0.1, 0.15) is 0 Å². The molecule has 8 rings (SSSR count). The van der Waals surface area contributed by atoms with E-state index in [1.807, 2.05) is 0 Å². The minimum Gasteiger partial charge on any atom is -0.316 e. The molecule has 0 saturated heterocycles. The average molecular weight is 406 g/mol. The molecule has 8 aliphatic rings. The number of hydrogen-bond acceptors (Lipinski definition) is 1. The molecule has 0 spiro atoms. The van der Waals surface area contributed by atoms with E-state index in [1.54, 1.807) is 77.0 Å². The standard InChI is InChI=1S/C24H41NP2/c1(3-26-23-11-17-5-18(12-23)7-19(6-17)13-23)25-2-4-27-24-14-20-8-21(15-24)10-22(9-20)16-24/h17-22,25-27H,1-16H2. The Balaban J connectivity index is 0.907. The highest BCUT2D eigenvalue weighted by molar-refractivity contribution is 7.40. The van der Waals surface area contributed by atoms with Gasteiger partial charge in [-0.15, -0.1) is 17.2 Å². The van der Waals surface area contributed by atoms with E-state index in [0.29, 0.717) is 0 Å². The first-order valence-corrected chi connectivity index (χ1v) is 14.8. The molecule has 0 aliphatic heterocycles. The van der Waals surface area contributed by atoms with Gasteiger partial charge in [-0.1, -0.05) is 0 Å². The van der Waals surface area contributed by atoms with Crippen LogP contribution in [0.3, 0.4) is 0 Å². The summed E-state index contributed by atoms with van der Waals surface area (Å²) in [6, 6.07) is 0. The monoisotopic (exact) mass is 405 g/mol. The van der Waals surface area contributed by atoms with Crippen LogP contribution in [0.25, 0.3) is 0 Å². The van der Waals surface area contributed by atoms with Gasteiger partial charge < -0.3 is 5.32 Å². The summed E-state index contributed by atoms with van der Waals surface area (Å²) in [5, 5.41) is 5.53. The van der Waals surface area contributed by atoms with Crippen LogP contribution in [0.5, 0.6) is 0 Å². The van der Waals surface area contributed by atoms with Crippen LogP contribution in [0.2, 0.25) is 0 Å². The molecule has 8 fully saturated rings. The molecule has 27 heavy (non-hydrogen) atoms. The molecule has 152 valence electrons. The summed E-state index contributed by atoms with van der Waals surface area (Å²) in [4.78, 5) is 0. The maximum Gasteiger partial charge on any atom is -0.00115 e. The van der Waals surface area contributed by atoms with Crippen LogP contribution in [0.15, 0.2) is 0 Å². The van der Waals surface area contributed by atoms with Gasteiger partial charge in [0.2, 0.25) is 0 Å². The van der Waals surface area contributed by atoms with Gasteiger partial charge in [0, 0.05) is 0 Å². The summed E-state index contributed by atoms with van der Waals surface area (Å²) in [5.41, 5.74) is 0. The van der Waals surface area contributed by atoms with Crippen molar-refractivity contribution in [3.8, 4) is 0 Å². The van der Waals surface area contributed by atoms with Crippen molar-refractivity contribution in [2.45, 2.75) is 87.4 Å². The first-order valence-electron chi connectivity index (χ1n) is 12.4. The fourth-order valence-electron chi connectivity index (χ4n) is 9.61. The van der Waals surface area contributed by atoms with Crippen LogP contribution in [-0.4, -0.2) is 35.7 Å². The zero-order valence-electron chi connectivity index (χ0n) is 17.3. The maximum absolute atomic E-state index is 3.86. The summed E-state index contributed by atoms with van der Waals surface area (Å²) in [6.45, 7) is 2.62. The van der Waals surface area contributed by atoms with Crippen molar-refractivity contribution >= 4 is 17.2 Å². The van der Waals surface area contributed by atoms with Crippen LogP contribution in [0.4, 0.5) is 0 Å². The molecule has 1 nitrogen and oxygen atoms in total. The van der Waals surface area contributed by atoms with Gasteiger partial charge in [-0.25, -0.2) is 0 Å². The third-order valence-electron chi connectivity index (χ3n) is 9.68. The van der Waals surface area contributed by atoms with Crippen molar-refractivity contribution in [1.29, 1.82) is 0 Å². The molecule has 8 saturated carbocycles. The third-order valence-corrected chi connectivity index (χ3v) is 13.4. The first kappa shape index (κ1) is 18.6. The molecular weight excluding hydrogens is 364 g/mol. The van der Waals surface area contributed by atoms with Gasteiger partial charge >= 0.3 is 0 Å². The molecule has 0 heterocycles. The van der Waals surface area contributed by atoms with E-state index in [2.05, 4.69) is 5.32 Å². The Kier molecular flexibility index (Phi) is 4.96. The van der Waals surface area contributed by atoms with Crippen molar-refractivity contribution in [3.05, 3.63) is 0 Å². The second-order valence-electron chi connectivity index (χ2n) is 12.0. The minimum absolute atomic E-state index is 0.831. The second-order valence-corrected chi connectivity index (χ2v) is 15.8. The van der Waals surface area contributed by atoms with Crippen molar-refractivity contribution in [2.24, 2.45) is 35.5 Å². The normalized spacial score (nSPS) is 52.9. The average Bonchev–Trinajstić information content (AvgIpc) is 2.58. The smallest absolute Gasteiger partial charge is 0.00115 e. The predicted molar refractivity (Wildman–Crippen MR) is 121 cm³/mol. The molecule has 0 aromatic rings. The van der Waals surface area contributed by atoms with E-state index < -0.39 is 0 Å². The largest absolute Gasteiger partial charge is 0.316 e. The summed E-state index contributed by atoms with van der Waals surface area (Å²) in [5.74, 6) is 6.82. The highest BCUT2D eigenvalue weighted by atomic mass is 31.1. The van der Waals surface area contributed by atoms with Gasteiger partial charge in [-0.05, 0) is 148 Å². The number of nitrogens with one attached hydrogen (secondary N) is 1. The Hall–Kier alpha value is 0.820. The van der Waals surface area contributed by atoms with E-state index in [9.17, 15) is 0 Å². The lowest BCUT2D eigenvalue weighted by molar-refractivity contribution is 0.0367. The fourth-order valence-corrected chi connectivity index (χ4v) is 13.9. The Labute approximate surface area is 170 Å². The van der Waals surface area contributed by atoms with Gasteiger partial charge in [0.25, 0.3) is 0 Å². The van der Waals surface area contributed by atoms with Crippen LogP contribution >= 0.6 is 17.2 Å². The summed E-state index contributed by atoms with van der Waals surface area (Å²) < 4.78 is 0. The molecule has 3 heteroatoms. The third kappa shape index (κ3) is 3.70. The summed E-state index contributed by atoms with van der Waals surface area (Å²) in [6.07, 6.45) is 22.3.